The van der Waals surface area contributed by atoms with Crippen LogP contribution in [0.2, 0.25) is 0 Å². The van der Waals surface area contributed by atoms with E-state index in [1.807, 2.05) is 12.3 Å². The van der Waals surface area contributed by atoms with E-state index in [1.54, 1.807) is 6.21 Å². The van der Waals surface area contributed by atoms with Crippen LogP contribution in [0.4, 0.5) is 0 Å². The second-order valence-corrected chi connectivity index (χ2v) is 3.19. The van der Waals surface area contributed by atoms with Gasteiger partial charge < -0.3 is 4.90 Å². The molecular formula is C8H13N3. The van der Waals surface area contributed by atoms with Crippen LogP contribution < -0.4 is 5.73 Å². The molecular weight excluding hydrogens is 138 g/mol. The standard InChI is InChI=1S/C8H13N3/c9-8-10-4-1-5-11(8)6-7-2-3-7/h1,4-5,7-8H,2-3,6,9H2. The number of aliphatic imine (C=N–C) groups is 1. The average molecular weight is 151 g/mol. The minimum absolute atomic E-state index is 0.138. The van der Waals surface area contributed by atoms with Gasteiger partial charge in [0.2, 0.25) is 0 Å². The molecule has 0 saturated heterocycles. The van der Waals surface area contributed by atoms with Gasteiger partial charge in [0.05, 0.1) is 0 Å². The van der Waals surface area contributed by atoms with E-state index in [0.29, 0.717) is 0 Å². The highest BCUT2D eigenvalue weighted by molar-refractivity contribution is 5.71. The van der Waals surface area contributed by atoms with Crippen LogP contribution in [0.1, 0.15) is 12.8 Å². The fourth-order valence-corrected chi connectivity index (χ4v) is 1.23. The maximum Gasteiger partial charge on any atom is 0.173 e. The minimum atomic E-state index is -0.138. The molecule has 2 rings (SSSR count). The van der Waals surface area contributed by atoms with Gasteiger partial charge in [-0.05, 0) is 24.8 Å². The number of rotatable bonds is 2. The summed E-state index contributed by atoms with van der Waals surface area (Å²) in [5, 5.41) is 0. The molecule has 2 aliphatic rings. The summed E-state index contributed by atoms with van der Waals surface area (Å²) in [6, 6.07) is 0. The quantitative estimate of drug-likeness (QED) is 0.625. The van der Waals surface area contributed by atoms with Crippen molar-refractivity contribution in [1.82, 2.24) is 4.90 Å². The van der Waals surface area contributed by atoms with Gasteiger partial charge in [-0.1, -0.05) is 0 Å². The third-order valence-corrected chi connectivity index (χ3v) is 2.11. The van der Waals surface area contributed by atoms with Crippen molar-refractivity contribution in [1.29, 1.82) is 0 Å². The Labute approximate surface area is 66.6 Å². The molecule has 0 amide bonds. The Morgan fingerprint density at radius 2 is 2.36 bits per heavy atom. The molecule has 0 bridgehead atoms. The van der Waals surface area contributed by atoms with E-state index >= 15 is 0 Å². The van der Waals surface area contributed by atoms with Crippen molar-refractivity contribution in [2.45, 2.75) is 19.1 Å². The van der Waals surface area contributed by atoms with E-state index in [9.17, 15) is 0 Å². The Kier molecular flexibility index (Phi) is 1.66. The summed E-state index contributed by atoms with van der Waals surface area (Å²) in [4.78, 5) is 6.18. The highest BCUT2D eigenvalue weighted by Gasteiger charge is 2.25. The molecule has 11 heavy (non-hydrogen) atoms. The van der Waals surface area contributed by atoms with Crippen LogP contribution in [-0.2, 0) is 0 Å². The van der Waals surface area contributed by atoms with E-state index in [2.05, 4.69) is 9.89 Å². The lowest BCUT2D eigenvalue weighted by Gasteiger charge is -2.25. The van der Waals surface area contributed by atoms with Crippen LogP contribution in [0.15, 0.2) is 17.3 Å². The summed E-state index contributed by atoms with van der Waals surface area (Å²) in [5.74, 6) is 0.874. The van der Waals surface area contributed by atoms with Gasteiger partial charge >= 0.3 is 0 Å². The predicted molar refractivity (Wildman–Crippen MR) is 45.0 cm³/mol. The van der Waals surface area contributed by atoms with Crippen molar-refractivity contribution in [3.8, 4) is 0 Å². The SMILES string of the molecule is NC1N=CC=CN1CC1CC1. The van der Waals surface area contributed by atoms with Crippen LogP contribution in [0.25, 0.3) is 0 Å². The Bertz CT molecular complexity index is 194. The summed E-state index contributed by atoms with van der Waals surface area (Å²) in [6.45, 7) is 1.08. The van der Waals surface area contributed by atoms with Gasteiger partial charge in [-0.2, -0.15) is 0 Å². The van der Waals surface area contributed by atoms with Gasteiger partial charge in [0, 0.05) is 19.0 Å². The highest BCUT2D eigenvalue weighted by Crippen LogP contribution is 2.30. The molecule has 1 fully saturated rings. The molecule has 0 aromatic heterocycles. The van der Waals surface area contributed by atoms with Gasteiger partial charge in [0.1, 0.15) is 0 Å². The summed E-state index contributed by atoms with van der Waals surface area (Å²) in [7, 11) is 0. The number of hydrogen-bond acceptors (Lipinski definition) is 3. The van der Waals surface area contributed by atoms with Crippen molar-refractivity contribution >= 4 is 6.21 Å². The Morgan fingerprint density at radius 1 is 1.55 bits per heavy atom. The molecule has 3 nitrogen and oxygen atoms in total. The van der Waals surface area contributed by atoms with E-state index in [1.165, 1.54) is 12.8 Å². The number of allylic oxidation sites excluding steroid dienone is 1. The number of nitrogens with two attached hydrogens (primary N) is 1. The first kappa shape index (κ1) is 6.85. The van der Waals surface area contributed by atoms with E-state index in [-0.39, 0.29) is 6.29 Å². The molecule has 1 atom stereocenters. The Hall–Kier alpha value is -0.830. The maximum atomic E-state index is 5.73. The van der Waals surface area contributed by atoms with E-state index < -0.39 is 0 Å². The minimum Gasteiger partial charge on any atom is -0.344 e. The Balaban J connectivity index is 1.90. The summed E-state index contributed by atoms with van der Waals surface area (Å²) in [5.41, 5.74) is 5.73. The largest absolute Gasteiger partial charge is 0.344 e. The third kappa shape index (κ3) is 1.60. The van der Waals surface area contributed by atoms with Gasteiger partial charge in [-0.3, -0.25) is 10.7 Å². The first-order chi connectivity index (χ1) is 5.36. The molecule has 0 aromatic carbocycles. The topological polar surface area (TPSA) is 41.6 Å². The summed E-state index contributed by atoms with van der Waals surface area (Å²) < 4.78 is 0. The van der Waals surface area contributed by atoms with Crippen molar-refractivity contribution < 1.29 is 0 Å². The lowest BCUT2D eigenvalue weighted by atomic mass is 10.3. The zero-order valence-electron chi connectivity index (χ0n) is 6.48. The molecule has 1 aliphatic carbocycles. The fraction of sp³-hybridized carbons (Fsp3) is 0.625. The van der Waals surface area contributed by atoms with Crippen molar-refractivity contribution in [3.63, 3.8) is 0 Å². The van der Waals surface area contributed by atoms with Crippen LogP contribution in [0.3, 0.4) is 0 Å². The molecule has 0 radical (unpaired) electrons. The van der Waals surface area contributed by atoms with Crippen LogP contribution in [0, 0.1) is 5.92 Å². The van der Waals surface area contributed by atoms with Gasteiger partial charge in [0.25, 0.3) is 0 Å². The fourth-order valence-electron chi connectivity index (χ4n) is 1.23. The summed E-state index contributed by atoms with van der Waals surface area (Å²) in [6.07, 6.45) is 8.30. The zero-order chi connectivity index (χ0) is 7.68. The highest BCUT2D eigenvalue weighted by atomic mass is 15.3. The van der Waals surface area contributed by atoms with Crippen LogP contribution in [0.5, 0.6) is 0 Å². The van der Waals surface area contributed by atoms with Crippen molar-refractivity contribution in [3.05, 3.63) is 12.3 Å². The normalized spacial score (nSPS) is 29.5. The lowest BCUT2D eigenvalue weighted by molar-refractivity contribution is 0.276. The van der Waals surface area contributed by atoms with E-state index in [0.717, 1.165) is 12.5 Å². The second kappa shape index (κ2) is 2.66. The van der Waals surface area contributed by atoms with Crippen LogP contribution in [-0.4, -0.2) is 23.9 Å². The van der Waals surface area contributed by atoms with Gasteiger partial charge in [-0.15, -0.1) is 0 Å². The monoisotopic (exact) mass is 151 g/mol. The van der Waals surface area contributed by atoms with Gasteiger partial charge in [0.15, 0.2) is 6.29 Å². The molecule has 0 aromatic rings. The molecule has 60 valence electrons. The second-order valence-electron chi connectivity index (χ2n) is 3.19. The zero-order valence-corrected chi connectivity index (χ0v) is 6.48. The molecule has 1 heterocycles. The average Bonchev–Trinajstić information content (AvgIpc) is 2.78. The first-order valence-electron chi connectivity index (χ1n) is 4.07. The molecule has 1 saturated carbocycles. The van der Waals surface area contributed by atoms with Crippen molar-refractivity contribution in [2.24, 2.45) is 16.6 Å². The smallest absolute Gasteiger partial charge is 0.173 e. The number of hydrogen-bond donors (Lipinski definition) is 1. The summed E-state index contributed by atoms with van der Waals surface area (Å²) >= 11 is 0. The Morgan fingerprint density at radius 3 is 3.00 bits per heavy atom. The molecule has 3 heteroatoms. The third-order valence-electron chi connectivity index (χ3n) is 2.11. The molecule has 2 N–H and O–H groups in total. The van der Waals surface area contributed by atoms with Crippen LogP contribution >= 0.6 is 0 Å². The number of nitrogens with zero attached hydrogens (tertiary/aromatic N) is 2. The van der Waals surface area contributed by atoms with Gasteiger partial charge in [-0.25, -0.2) is 0 Å². The molecule has 0 spiro atoms. The predicted octanol–water partition coefficient (Wildman–Crippen LogP) is 0.539. The lowest BCUT2D eigenvalue weighted by Crippen LogP contribution is -2.39. The van der Waals surface area contributed by atoms with E-state index in [4.69, 9.17) is 5.73 Å². The maximum absolute atomic E-state index is 5.73. The first-order valence-corrected chi connectivity index (χ1v) is 4.07. The molecule has 1 unspecified atom stereocenters. The van der Waals surface area contributed by atoms with Crippen molar-refractivity contribution in [2.75, 3.05) is 6.54 Å². The molecule has 1 aliphatic heterocycles.